The fourth-order valence-corrected chi connectivity index (χ4v) is 12.8. The number of fused-ring (bicyclic) bond motifs is 7. The van der Waals surface area contributed by atoms with Crippen molar-refractivity contribution in [3.63, 3.8) is 0 Å². The Hall–Kier alpha value is -3.23. The Balaban J connectivity index is 1.35. The van der Waals surface area contributed by atoms with Gasteiger partial charge in [-0.05, 0) is 27.2 Å². The van der Waals surface area contributed by atoms with E-state index in [0.29, 0.717) is 0 Å². The Kier molecular flexibility index (Phi) is 8.36. The Bertz CT molecular complexity index is 1770. The monoisotopic (exact) mass is 780 g/mol. The summed E-state index contributed by atoms with van der Waals surface area (Å²) < 4.78 is 59.7. The summed E-state index contributed by atoms with van der Waals surface area (Å²) in [5.41, 5.74) is -10.0. The minimum absolute atomic E-state index is 0.152. The van der Waals surface area contributed by atoms with Crippen molar-refractivity contribution in [3.05, 3.63) is 11.6 Å². The van der Waals surface area contributed by atoms with E-state index < -0.39 is 143 Å². The highest BCUT2D eigenvalue weighted by molar-refractivity contribution is 5.88. The van der Waals surface area contributed by atoms with Crippen molar-refractivity contribution in [3.8, 4) is 0 Å². The molecule has 18 heteroatoms. The molecule has 1 spiro atoms. The van der Waals surface area contributed by atoms with E-state index in [1.54, 1.807) is 20.8 Å². The van der Waals surface area contributed by atoms with Gasteiger partial charge in [-0.15, -0.1) is 0 Å². The van der Waals surface area contributed by atoms with Gasteiger partial charge in [0, 0.05) is 60.8 Å². The van der Waals surface area contributed by atoms with Crippen molar-refractivity contribution in [1.82, 2.24) is 0 Å². The first-order valence-electron chi connectivity index (χ1n) is 18.5. The third kappa shape index (κ3) is 4.34. The highest BCUT2D eigenvalue weighted by atomic mass is 16.8. The van der Waals surface area contributed by atoms with Gasteiger partial charge in [0.05, 0.1) is 45.7 Å². The number of methoxy groups -OCH3 is 2. The van der Waals surface area contributed by atoms with Crippen LogP contribution in [0.5, 0.6) is 0 Å². The normalized spacial score (nSPS) is 52.5. The van der Waals surface area contributed by atoms with Crippen molar-refractivity contribution in [2.75, 3.05) is 27.4 Å². The SMILES string of the molecule is C/C=C(\C)C(=O)O[C@H]1C[C@@H](OC(C)=O)[C@@]2(C(=O)OC)CO[C@H]3[C@@H](O)[C@@](C)([C@]45O[C@@]4(C)[C@H]4C[C@@H]5O[C@@H]5O[C@H](OC(C)=O)C[C@@]54O)[C@H]4[C@]1(CO[C@]4(O)C(=O)OC)[C@@H]32. The lowest BCUT2D eigenvalue weighted by atomic mass is 9.37. The zero-order chi connectivity index (χ0) is 40.1. The van der Waals surface area contributed by atoms with E-state index in [1.807, 2.05) is 0 Å². The maximum Gasteiger partial charge on any atom is 0.366 e. The number of aliphatic hydroxyl groups excluding tert-OH is 1. The van der Waals surface area contributed by atoms with Crippen LogP contribution in [0, 0.1) is 34.0 Å². The Morgan fingerprint density at radius 1 is 0.855 bits per heavy atom. The molecule has 3 aliphatic carbocycles. The van der Waals surface area contributed by atoms with Gasteiger partial charge < -0.3 is 62.7 Å². The summed E-state index contributed by atoms with van der Waals surface area (Å²) in [6, 6.07) is 0. The largest absolute Gasteiger partial charge is 0.468 e. The quantitative estimate of drug-likeness (QED) is 0.128. The second-order valence-electron chi connectivity index (χ2n) is 16.8. The molecule has 3 saturated carbocycles. The fourth-order valence-electron chi connectivity index (χ4n) is 12.8. The molecule has 8 fully saturated rings. The average Bonchev–Trinajstić information content (AvgIpc) is 3.45. The summed E-state index contributed by atoms with van der Waals surface area (Å²) in [6.45, 7) is 7.89. The van der Waals surface area contributed by atoms with E-state index in [4.69, 9.17) is 47.4 Å². The molecule has 17 atom stereocenters. The van der Waals surface area contributed by atoms with Crippen molar-refractivity contribution < 1.29 is 86.7 Å². The molecule has 5 heterocycles. The molecule has 0 radical (unpaired) electrons. The van der Waals surface area contributed by atoms with Gasteiger partial charge in [-0.3, -0.25) is 14.4 Å². The second kappa shape index (κ2) is 11.9. The molecule has 0 amide bonds. The molecule has 0 aromatic carbocycles. The summed E-state index contributed by atoms with van der Waals surface area (Å²) in [5.74, 6) is -10.8. The van der Waals surface area contributed by atoms with Gasteiger partial charge >= 0.3 is 29.8 Å². The highest BCUT2D eigenvalue weighted by Gasteiger charge is 2.97. The van der Waals surface area contributed by atoms with Crippen molar-refractivity contribution in [1.29, 1.82) is 0 Å². The van der Waals surface area contributed by atoms with Crippen LogP contribution in [0.3, 0.4) is 0 Å². The molecule has 5 saturated heterocycles. The Labute approximate surface area is 315 Å². The molecular formula is C37H48O18. The van der Waals surface area contributed by atoms with Crippen LogP contribution in [0.25, 0.3) is 0 Å². The fraction of sp³-hybridized carbons (Fsp3) is 0.811. The molecule has 18 nitrogen and oxygen atoms in total. The zero-order valence-electron chi connectivity index (χ0n) is 31.9. The second-order valence-corrected chi connectivity index (χ2v) is 16.8. The summed E-state index contributed by atoms with van der Waals surface area (Å²) in [7, 11) is 2.19. The lowest BCUT2D eigenvalue weighted by Crippen LogP contribution is -2.79. The van der Waals surface area contributed by atoms with Crippen molar-refractivity contribution in [2.24, 2.45) is 34.0 Å². The average molecular weight is 781 g/mol. The van der Waals surface area contributed by atoms with Crippen LogP contribution in [0.1, 0.15) is 60.8 Å². The molecule has 55 heavy (non-hydrogen) atoms. The molecule has 8 aliphatic rings. The number of hydrogen-bond donors (Lipinski definition) is 3. The van der Waals surface area contributed by atoms with Crippen LogP contribution < -0.4 is 0 Å². The Morgan fingerprint density at radius 3 is 2.15 bits per heavy atom. The predicted molar refractivity (Wildman–Crippen MR) is 175 cm³/mol. The first-order valence-corrected chi connectivity index (χ1v) is 18.5. The smallest absolute Gasteiger partial charge is 0.366 e. The van der Waals surface area contributed by atoms with Crippen LogP contribution in [-0.4, -0.2) is 138 Å². The number of epoxide rings is 1. The maximum absolute atomic E-state index is 14.2. The van der Waals surface area contributed by atoms with Crippen molar-refractivity contribution in [2.45, 2.75) is 126 Å². The van der Waals surface area contributed by atoms with Gasteiger partial charge in [-0.2, -0.15) is 0 Å². The van der Waals surface area contributed by atoms with Crippen LogP contribution in [0.2, 0.25) is 0 Å². The molecule has 0 aromatic heterocycles. The number of ether oxygens (including phenoxy) is 10. The number of carbonyl (C=O) groups excluding carboxylic acids is 5. The van der Waals surface area contributed by atoms with E-state index in [2.05, 4.69) is 0 Å². The van der Waals surface area contributed by atoms with E-state index in [-0.39, 0.29) is 24.8 Å². The third-order valence-electron chi connectivity index (χ3n) is 14.7. The van der Waals surface area contributed by atoms with Crippen LogP contribution in [0.4, 0.5) is 0 Å². The van der Waals surface area contributed by atoms with Crippen LogP contribution >= 0.6 is 0 Å². The van der Waals surface area contributed by atoms with E-state index in [1.165, 1.54) is 19.9 Å². The van der Waals surface area contributed by atoms with E-state index in [0.717, 1.165) is 21.1 Å². The van der Waals surface area contributed by atoms with Gasteiger partial charge in [0.25, 0.3) is 5.79 Å². The minimum Gasteiger partial charge on any atom is -0.468 e. The predicted octanol–water partition coefficient (Wildman–Crippen LogP) is -0.437. The summed E-state index contributed by atoms with van der Waals surface area (Å²) >= 11 is 0. The van der Waals surface area contributed by atoms with E-state index >= 15 is 0 Å². The minimum atomic E-state index is -2.88. The van der Waals surface area contributed by atoms with Gasteiger partial charge in [0.2, 0.25) is 6.29 Å². The number of carbonyl (C=O) groups is 5. The lowest BCUT2D eigenvalue weighted by Gasteiger charge is -2.65. The molecule has 8 rings (SSSR count). The summed E-state index contributed by atoms with van der Waals surface area (Å²) in [5, 5.41) is 38.0. The van der Waals surface area contributed by atoms with Crippen LogP contribution in [0.15, 0.2) is 11.6 Å². The molecule has 5 aliphatic heterocycles. The summed E-state index contributed by atoms with van der Waals surface area (Å²) in [4.78, 5) is 66.5. The molecular weight excluding hydrogens is 732 g/mol. The number of esters is 5. The van der Waals surface area contributed by atoms with Gasteiger partial charge in [0.1, 0.15) is 34.4 Å². The van der Waals surface area contributed by atoms with Crippen LogP contribution in [-0.2, 0) is 71.3 Å². The molecule has 304 valence electrons. The van der Waals surface area contributed by atoms with Gasteiger partial charge in [-0.1, -0.05) is 13.0 Å². The van der Waals surface area contributed by atoms with E-state index in [9.17, 15) is 39.3 Å². The third-order valence-corrected chi connectivity index (χ3v) is 14.7. The highest BCUT2D eigenvalue weighted by Crippen LogP contribution is 2.83. The topological polar surface area (TPSA) is 242 Å². The van der Waals surface area contributed by atoms with Gasteiger partial charge in [-0.25, -0.2) is 9.59 Å². The lowest BCUT2D eigenvalue weighted by molar-refractivity contribution is -0.321. The molecule has 0 aromatic rings. The molecule has 2 bridgehead atoms. The number of hydrogen-bond acceptors (Lipinski definition) is 18. The number of allylic oxidation sites excluding steroid dienone is 1. The zero-order valence-corrected chi connectivity index (χ0v) is 31.9. The standard InChI is InChI=1S/C37H48O18/c1-9-15(2)26(41)52-19-11-20(50-16(3)38)34(28(42)46-7)13-48-23-24(34)33(19)14-49-36(45,29(43)47-8)27(33)31(5,25(23)40)37-21-10-18(32(37,6)55-37)35(44)12-22(51-17(4)39)54-30(35)53-21/h9,18-25,27,30,40,44-45H,10-14H2,1-8H3/b15-9+/t18-,19+,20-,21+,22+,23-,24-,25-,27+,30-,31-,32+,33+,34+,35+,36+,37+/m1/s1. The first kappa shape index (κ1) is 38.6. The maximum atomic E-state index is 14.2. The first-order chi connectivity index (χ1) is 25.7. The Morgan fingerprint density at radius 2 is 1.53 bits per heavy atom. The summed E-state index contributed by atoms with van der Waals surface area (Å²) in [6.07, 6.45) is -7.89. The molecule has 0 unspecified atom stereocenters. The van der Waals surface area contributed by atoms with Crippen molar-refractivity contribution >= 4 is 29.8 Å². The number of aliphatic hydroxyl groups is 3. The molecule has 3 N–H and O–H groups in total. The van der Waals surface area contributed by atoms with Gasteiger partial charge in [0.15, 0.2) is 6.29 Å². The number of rotatable bonds is 7.